The van der Waals surface area contributed by atoms with E-state index in [1.54, 1.807) is 12.1 Å². The molecule has 1 heterocycles. The first-order valence-corrected chi connectivity index (χ1v) is 7.99. The summed E-state index contributed by atoms with van der Waals surface area (Å²) >= 11 is 0. The lowest BCUT2D eigenvalue weighted by atomic mass is 10.1. The third-order valence-electron chi connectivity index (χ3n) is 4.18. The number of carbonyl (C=O) groups excluding carboxylic acids is 1. The maximum atomic E-state index is 11.1. The number of carbonyl (C=O) groups is 1. The van der Waals surface area contributed by atoms with Gasteiger partial charge in [-0.15, -0.1) is 0 Å². The van der Waals surface area contributed by atoms with Crippen molar-refractivity contribution >= 4 is 6.29 Å². The lowest BCUT2D eigenvalue weighted by Gasteiger charge is -2.11. The highest BCUT2D eigenvalue weighted by atomic mass is 16.5. The van der Waals surface area contributed by atoms with Crippen molar-refractivity contribution in [1.82, 2.24) is 4.57 Å². The molecule has 0 aliphatic rings. The quantitative estimate of drug-likeness (QED) is 0.653. The van der Waals surface area contributed by atoms with Crippen LogP contribution in [0.15, 0.2) is 54.6 Å². The first-order valence-electron chi connectivity index (χ1n) is 7.99. The molecule has 0 N–H and O–H groups in total. The van der Waals surface area contributed by atoms with Gasteiger partial charge in [-0.05, 0) is 61.9 Å². The predicted molar refractivity (Wildman–Crippen MR) is 96.1 cm³/mol. The number of nitrogens with zero attached hydrogens (tertiary/aromatic N) is 2. The highest BCUT2D eigenvalue weighted by Crippen LogP contribution is 2.22. The molecule has 1 aromatic heterocycles. The van der Waals surface area contributed by atoms with Gasteiger partial charge in [0.25, 0.3) is 0 Å². The number of aryl methyl sites for hydroxylation is 1. The fourth-order valence-corrected chi connectivity index (χ4v) is 2.84. The van der Waals surface area contributed by atoms with Crippen molar-refractivity contribution in [3.63, 3.8) is 0 Å². The molecular formula is C21H18N2O2. The molecule has 0 spiro atoms. The topological polar surface area (TPSA) is 55.0 Å². The third kappa shape index (κ3) is 3.46. The Kier molecular flexibility index (Phi) is 4.67. The van der Waals surface area contributed by atoms with Gasteiger partial charge < -0.3 is 9.30 Å². The van der Waals surface area contributed by atoms with Crippen LogP contribution >= 0.6 is 0 Å². The van der Waals surface area contributed by atoms with Crippen LogP contribution in [0.2, 0.25) is 0 Å². The summed E-state index contributed by atoms with van der Waals surface area (Å²) < 4.78 is 7.84. The minimum Gasteiger partial charge on any atom is -0.489 e. The Morgan fingerprint density at radius 2 is 1.76 bits per heavy atom. The van der Waals surface area contributed by atoms with E-state index in [9.17, 15) is 4.79 Å². The minimum absolute atomic E-state index is 0.446. The monoisotopic (exact) mass is 330 g/mol. The summed E-state index contributed by atoms with van der Waals surface area (Å²) in [5, 5.41) is 8.81. The van der Waals surface area contributed by atoms with Gasteiger partial charge >= 0.3 is 0 Å². The second kappa shape index (κ2) is 7.06. The lowest BCUT2D eigenvalue weighted by molar-refractivity contribution is 0.112. The number of hydrogen-bond donors (Lipinski definition) is 0. The summed E-state index contributed by atoms with van der Waals surface area (Å²) in [6.07, 6.45) is 0.883. The van der Waals surface area contributed by atoms with E-state index in [1.807, 2.05) is 60.9 Å². The van der Waals surface area contributed by atoms with Crippen molar-refractivity contribution in [2.75, 3.05) is 0 Å². The van der Waals surface area contributed by atoms with Crippen LogP contribution in [0.4, 0.5) is 0 Å². The smallest absolute Gasteiger partial charge is 0.151 e. The van der Waals surface area contributed by atoms with Gasteiger partial charge in [-0.1, -0.05) is 12.1 Å². The molecule has 0 fully saturated rings. The summed E-state index contributed by atoms with van der Waals surface area (Å²) in [5.41, 5.74) is 5.30. The van der Waals surface area contributed by atoms with Crippen LogP contribution in [0.1, 0.15) is 32.9 Å². The normalized spacial score (nSPS) is 10.3. The molecular weight excluding hydrogens is 312 g/mol. The van der Waals surface area contributed by atoms with Gasteiger partial charge in [-0.25, -0.2) is 0 Å². The van der Waals surface area contributed by atoms with Crippen LogP contribution in [-0.2, 0) is 6.61 Å². The van der Waals surface area contributed by atoms with Crippen molar-refractivity contribution in [1.29, 1.82) is 5.26 Å². The lowest BCUT2D eigenvalue weighted by Crippen LogP contribution is -2.00. The van der Waals surface area contributed by atoms with Gasteiger partial charge in [0.05, 0.1) is 11.6 Å². The van der Waals surface area contributed by atoms with E-state index in [0.717, 1.165) is 34.7 Å². The third-order valence-corrected chi connectivity index (χ3v) is 4.18. The molecule has 4 heteroatoms. The van der Waals surface area contributed by atoms with Gasteiger partial charge in [-0.3, -0.25) is 4.79 Å². The molecule has 0 atom stereocenters. The molecule has 4 nitrogen and oxygen atoms in total. The van der Waals surface area contributed by atoms with E-state index in [1.165, 1.54) is 0 Å². The van der Waals surface area contributed by atoms with Crippen molar-refractivity contribution in [2.24, 2.45) is 0 Å². The minimum atomic E-state index is 0.446. The van der Waals surface area contributed by atoms with Gasteiger partial charge in [0.1, 0.15) is 12.4 Å². The van der Waals surface area contributed by atoms with Crippen LogP contribution in [0.5, 0.6) is 5.75 Å². The summed E-state index contributed by atoms with van der Waals surface area (Å²) in [4.78, 5) is 11.1. The van der Waals surface area contributed by atoms with Crippen molar-refractivity contribution < 1.29 is 9.53 Å². The van der Waals surface area contributed by atoms with Gasteiger partial charge in [0, 0.05) is 22.6 Å². The highest BCUT2D eigenvalue weighted by molar-refractivity contribution is 5.77. The zero-order chi connectivity index (χ0) is 17.8. The van der Waals surface area contributed by atoms with E-state index in [4.69, 9.17) is 10.00 Å². The fraction of sp³-hybridized carbons (Fsp3) is 0.143. The van der Waals surface area contributed by atoms with E-state index >= 15 is 0 Å². The van der Waals surface area contributed by atoms with Crippen molar-refractivity contribution in [3.05, 3.63) is 82.7 Å². The molecule has 0 aliphatic carbocycles. The largest absolute Gasteiger partial charge is 0.489 e. The number of hydrogen-bond acceptors (Lipinski definition) is 3. The van der Waals surface area contributed by atoms with E-state index in [-0.39, 0.29) is 0 Å². The number of ether oxygens (including phenoxy) is 1. The number of rotatable bonds is 5. The Morgan fingerprint density at radius 3 is 2.32 bits per heavy atom. The van der Waals surface area contributed by atoms with Crippen LogP contribution in [0.3, 0.4) is 0 Å². The standard InChI is InChI=1S/C21H18N2O2/c1-15-11-19(13-24)16(2)23(15)20-7-9-21(10-8-20)25-14-18-5-3-17(12-22)4-6-18/h3-11,13H,14H2,1-2H3. The molecule has 0 radical (unpaired) electrons. The average molecular weight is 330 g/mol. The van der Waals surface area contributed by atoms with E-state index in [2.05, 4.69) is 6.07 Å². The van der Waals surface area contributed by atoms with E-state index in [0.29, 0.717) is 17.7 Å². The Morgan fingerprint density at radius 1 is 1.08 bits per heavy atom. The molecule has 25 heavy (non-hydrogen) atoms. The van der Waals surface area contributed by atoms with Crippen LogP contribution in [0.25, 0.3) is 5.69 Å². The second-order valence-corrected chi connectivity index (χ2v) is 5.87. The molecule has 0 saturated carbocycles. The average Bonchev–Trinajstić information content (AvgIpc) is 2.94. The predicted octanol–water partition coefficient (Wildman–Crippen LogP) is 4.36. The molecule has 0 aliphatic heterocycles. The fourth-order valence-electron chi connectivity index (χ4n) is 2.84. The number of aldehydes is 1. The Labute approximate surface area is 146 Å². The molecule has 0 bridgehead atoms. The SMILES string of the molecule is Cc1cc(C=O)c(C)n1-c1ccc(OCc2ccc(C#N)cc2)cc1. The second-order valence-electron chi connectivity index (χ2n) is 5.87. The zero-order valence-corrected chi connectivity index (χ0v) is 14.2. The molecule has 3 rings (SSSR count). The van der Waals surface area contributed by atoms with Crippen molar-refractivity contribution in [3.8, 4) is 17.5 Å². The zero-order valence-electron chi connectivity index (χ0n) is 14.2. The van der Waals surface area contributed by atoms with E-state index < -0.39 is 0 Å². The highest BCUT2D eigenvalue weighted by Gasteiger charge is 2.10. The Bertz CT molecular complexity index is 930. The summed E-state index contributed by atoms with van der Waals surface area (Å²) in [7, 11) is 0. The summed E-state index contributed by atoms with van der Waals surface area (Å²) in [6, 6.07) is 19.1. The Balaban J connectivity index is 1.73. The summed E-state index contributed by atoms with van der Waals surface area (Å²) in [6.45, 7) is 4.36. The van der Waals surface area contributed by atoms with Crippen LogP contribution in [0, 0.1) is 25.2 Å². The summed E-state index contributed by atoms with van der Waals surface area (Å²) in [5.74, 6) is 0.770. The number of nitriles is 1. The maximum Gasteiger partial charge on any atom is 0.151 e. The van der Waals surface area contributed by atoms with Gasteiger partial charge in [0.15, 0.2) is 6.29 Å². The van der Waals surface area contributed by atoms with Crippen LogP contribution in [-0.4, -0.2) is 10.9 Å². The first-order chi connectivity index (χ1) is 12.1. The number of benzene rings is 2. The van der Waals surface area contributed by atoms with Gasteiger partial charge in [-0.2, -0.15) is 5.26 Å². The molecule has 124 valence electrons. The molecule has 0 saturated heterocycles. The van der Waals surface area contributed by atoms with Crippen LogP contribution < -0.4 is 4.74 Å². The maximum absolute atomic E-state index is 11.1. The first kappa shape index (κ1) is 16.5. The molecule has 0 unspecified atom stereocenters. The Hall–Kier alpha value is -3.32. The molecule has 2 aromatic carbocycles. The number of aromatic nitrogens is 1. The van der Waals surface area contributed by atoms with Crippen molar-refractivity contribution in [2.45, 2.75) is 20.5 Å². The van der Waals surface area contributed by atoms with Gasteiger partial charge in [0.2, 0.25) is 0 Å². The molecule has 3 aromatic rings. The molecule has 0 amide bonds.